The van der Waals surface area contributed by atoms with Gasteiger partial charge in [-0.2, -0.15) is 4.31 Å². The Morgan fingerprint density at radius 2 is 2.14 bits per heavy atom. The molecule has 1 saturated heterocycles. The molecule has 118 valence electrons. The molecule has 0 aromatic heterocycles. The quantitative estimate of drug-likeness (QED) is 0.585. The summed E-state index contributed by atoms with van der Waals surface area (Å²) >= 11 is 1.48. The zero-order valence-electron chi connectivity index (χ0n) is 12.2. The number of hydrogen-bond donors (Lipinski definition) is 2. The highest BCUT2D eigenvalue weighted by molar-refractivity contribution is 8.00. The van der Waals surface area contributed by atoms with E-state index in [4.69, 9.17) is 5.73 Å². The van der Waals surface area contributed by atoms with Gasteiger partial charge >= 0.3 is 0 Å². The molecule has 3 N–H and O–H groups in total. The molecule has 1 aliphatic heterocycles. The zero-order chi connectivity index (χ0) is 15.5. The first-order chi connectivity index (χ1) is 9.85. The molecule has 1 aromatic carbocycles. The van der Waals surface area contributed by atoms with Gasteiger partial charge in [0.05, 0.1) is 11.4 Å². The summed E-state index contributed by atoms with van der Waals surface area (Å²) in [7, 11) is -3.27. The number of nitrogens with zero attached hydrogens (tertiary/aromatic N) is 1. The molecule has 0 saturated carbocycles. The highest BCUT2D eigenvalue weighted by atomic mass is 32.2. The van der Waals surface area contributed by atoms with E-state index in [1.165, 1.54) is 16.1 Å². The van der Waals surface area contributed by atoms with Crippen molar-refractivity contribution in [2.45, 2.75) is 30.3 Å². The summed E-state index contributed by atoms with van der Waals surface area (Å²) in [6.07, 6.45) is 1.51. The molecule has 0 unspecified atom stereocenters. The molecular formula is C14H22N2O3S2. The molecule has 1 fully saturated rings. The lowest BCUT2D eigenvalue weighted by Gasteiger charge is -2.45. The lowest BCUT2D eigenvalue weighted by Crippen LogP contribution is -2.63. The van der Waals surface area contributed by atoms with Gasteiger partial charge in [-0.3, -0.25) is 0 Å². The highest BCUT2D eigenvalue weighted by Crippen LogP contribution is 2.29. The minimum absolute atomic E-state index is 0.0780. The van der Waals surface area contributed by atoms with Crippen LogP contribution in [-0.4, -0.2) is 48.0 Å². The largest absolute Gasteiger partial charge is 0.399 e. The monoisotopic (exact) mass is 330 g/mol. The molecular weight excluding hydrogens is 308 g/mol. The Morgan fingerprint density at radius 1 is 1.43 bits per heavy atom. The molecule has 7 heteroatoms. The van der Waals surface area contributed by atoms with Crippen LogP contribution in [0.4, 0.5) is 5.69 Å². The van der Waals surface area contributed by atoms with E-state index in [2.05, 4.69) is 0 Å². The van der Waals surface area contributed by atoms with Gasteiger partial charge in [0, 0.05) is 29.4 Å². The van der Waals surface area contributed by atoms with Gasteiger partial charge in [-0.1, -0.05) is 19.4 Å². The van der Waals surface area contributed by atoms with Crippen molar-refractivity contribution in [2.24, 2.45) is 0 Å². The van der Waals surface area contributed by atoms with Gasteiger partial charge in [0.2, 0.25) is 10.0 Å². The molecule has 0 spiro atoms. The molecule has 0 aliphatic carbocycles. The van der Waals surface area contributed by atoms with Crippen LogP contribution in [0, 0.1) is 0 Å². The standard InChI is InChI=1S/C14H22N2O3S2/c1-2-6-14(17)10-16(11-14)21(18,19)8-7-20-13-5-3-4-12(15)9-13/h3-5,9,17H,2,6-8,10-11,15H2,1H3. The second-order valence-corrected chi connectivity index (χ2v) is 8.74. The maximum atomic E-state index is 12.1. The van der Waals surface area contributed by atoms with Crippen LogP contribution in [0.1, 0.15) is 19.8 Å². The summed E-state index contributed by atoms with van der Waals surface area (Å²) in [6.45, 7) is 2.44. The van der Waals surface area contributed by atoms with Crippen molar-refractivity contribution in [1.29, 1.82) is 0 Å². The predicted octanol–water partition coefficient (Wildman–Crippen LogP) is 1.54. The number of nitrogen functional groups attached to an aromatic ring is 1. The van der Waals surface area contributed by atoms with Gasteiger partial charge in [0.25, 0.3) is 0 Å². The van der Waals surface area contributed by atoms with E-state index in [0.29, 0.717) is 17.9 Å². The fourth-order valence-corrected chi connectivity index (χ4v) is 5.37. The van der Waals surface area contributed by atoms with Crippen molar-refractivity contribution >= 4 is 27.5 Å². The fourth-order valence-electron chi connectivity index (χ4n) is 2.43. The molecule has 1 heterocycles. The number of nitrogens with two attached hydrogens (primary N) is 1. The van der Waals surface area contributed by atoms with Crippen LogP contribution >= 0.6 is 11.8 Å². The van der Waals surface area contributed by atoms with Crippen LogP contribution in [-0.2, 0) is 10.0 Å². The van der Waals surface area contributed by atoms with Crippen LogP contribution < -0.4 is 5.73 Å². The summed E-state index contributed by atoms with van der Waals surface area (Å²) in [5, 5.41) is 10.1. The maximum absolute atomic E-state index is 12.1. The number of sulfonamides is 1. The van der Waals surface area contributed by atoms with Crippen molar-refractivity contribution in [3.05, 3.63) is 24.3 Å². The second kappa shape index (κ2) is 6.56. The lowest BCUT2D eigenvalue weighted by atomic mass is 9.92. The number of β-amino-alcohol motifs (C(OH)–C–C–N with tert-alkyl or cyclic N) is 1. The Balaban J connectivity index is 1.80. The molecule has 0 amide bonds. The van der Waals surface area contributed by atoms with Crippen molar-refractivity contribution in [1.82, 2.24) is 4.31 Å². The maximum Gasteiger partial charge on any atom is 0.215 e. The molecule has 0 atom stereocenters. The van der Waals surface area contributed by atoms with E-state index in [0.717, 1.165) is 11.3 Å². The number of benzene rings is 1. The first-order valence-electron chi connectivity index (χ1n) is 7.03. The van der Waals surface area contributed by atoms with Gasteiger partial charge in [-0.15, -0.1) is 11.8 Å². The number of anilines is 1. The lowest BCUT2D eigenvalue weighted by molar-refractivity contribution is -0.0652. The molecule has 21 heavy (non-hydrogen) atoms. The Bertz CT molecular complexity index is 584. The Hall–Kier alpha value is -0.760. The molecule has 5 nitrogen and oxygen atoms in total. The van der Waals surface area contributed by atoms with Crippen LogP contribution in [0.15, 0.2) is 29.2 Å². The van der Waals surface area contributed by atoms with E-state index < -0.39 is 15.6 Å². The van der Waals surface area contributed by atoms with Gasteiger partial charge in [-0.05, 0) is 24.6 Å². The average Bonchev–Trinajstić information content (AvgIpc) is 2.36. The van der Waals surface area contributed by atoms with Gasteiger partial charge in [-0.25, -0.2) is 8.42 Å². The van der Waals surface area contributed by atoms with E-state index in [-0.39, 0.29) is 18.8 Å². The van der Waals surface area contributed by atoms with Gasteiger partial charge < -0.3 is 10.8 Å². The normalized spacial score (nSPS) is 18.4. The Labute approximate surface area is 130 Å². The summed E-state index contributed by atoms with van der Waals surface area (Å²) in [6, 6.07) is 7.40. The fraction of sp³-hybridized carbons (Fsp3) is 0.571. The molecule has 0 radical (unpaired) electrons. The number of rotatable bonds is 7. The SMILES string of the molecule is CCCC1(O)CN(S(=O)(=O)CCSc2cccc(N)c2)C1. The van der Waals surface area contributed by atoms with E-state index in [9.17, 15) is 13.5 Å². The summed E-state index contributed by atoms with van der Waals surface area (Å²) in [4.78, 5) is 0.969. The van der Waals surface area contributed by atoms with Gasteiger partial charge in [0.15, 0.2) is 0 Å². The van der Waals surface area contributed by atoms with Crippen molar-refractivity contribution in [3.63, 3.8) is 0 Å². The summed E-state index contributed by atoms with van der Waals surface area (Å²) in [5.74, 6) is 0.559. The van der Waals surface area contributed by atoms with Gasteiger partial charge in [0.1, 0.15) is 0 Å². The third-order valence-electron chi connectivity index (χ3n) is 3.52. The highest BCUT2D eigenvalue weighted by Gasteiger charge is 2.45. The van der Waals surface area contributed by atoms with Crippen LogP contribution in [0.5, 0.6) is 0 Å². The summed E-state index contributed by atoms with van der Waals surface area (Å²) < 4.78 is 25.7. The van der Waals surface area contributed by atoms with Crippen LogP contribution in [0.3, 0.4) is 0 Å². The zero-order valence-corrected chi connectivity index (χ0v) is 13.8. The molecule has 0 bridgehead atoms. The van der Waals surface area contributed by atoms with Crippen LogP contribution in [0.25, 0.3) is 0 Å². The van der Waals surface area contributed by atoms with Crippen molar-refractivity contribution in [3.8, 4) is 0 Å². The Morgan fingerprint density at radius 3 is 2.76 bits per heavy atom. The summed E-state index contributed by atoms with van der Waals surface area (Å²) in [5.41, 5.74) is 5.55. The van der Waals surface area contributed by atoms with E-state index >= 15 is 0 Å². The van der Waals surface area contributed by atoms with E-state index in [1.54, 1.807) is 6.07 Å². The number of hydrogen-bond acceptors (Lipinski definition) is 5. The third kappa shape index (κ3) is 4.35. The Kier molecular flexibility index (Phi) is 5.19. The van der Waals surface area contributed by atoms with Crippen LogP contribution in [0.2, 0.25) is 0 Å². The average molecular weight is 330 g/mol. The molecule has 2 rings (SSSR count). The smallest absolute Gasteiger partial charge is 0.215 e. The first-order valence-corrected chi connectivity index (χ1v) is 9.63. The molecule has 1 aromatic rings. The second-order valence-electron chi connectivity index (χ2n) is 5.48. The van der Waals surface area contributed by atoms with E-state index in [1.807, 2.05) is 25.1 Å². The first kappa shape index (κ1) is 16.6. The minimum Gasteiger partial charge on any atom is -0.399 e. The number of aliphatic hydroxyl groups is 1. The molecule has 1 aliphatic rings. The van der Waals surface area contributed by atoms with Crippen molar-refractivity contribution in [2.75, 3.05) is 30.3 Å². The minimum atomic E-state index is -3.27. The predicted molar refractivity (Wildman–Crippen MR) is 86.8 cm³/mol. The number of thioether (sulfide) groups is 1. The topological polar surface area (TPSA) is 83.6 Å². The third-order valence-corrected chi connectivity index (χ3v) is 6.54. The van der Waals surface area contributed by atoms with Crippen molar-refractivity contribution < 1.29 is 13.5 Å².